The summed E-state index contributed by atoms with van der Waals surface area (Å²) in [6.45, 7) is 0. The first-order valence-corrected chi connectivity index (χ1v) is 8.62. The van der Waals surface area contributed by atoms with Crippen LogP contribution in [0.5, 0.6) is 0 Å². The van der Waals surface area contributed by atoms with Gasteiger partial charge in [-0.3, -0.25) is 9.55 Å². The smallest absolute Gasteiger partial charge is 0.247 e. The minimum absolute atomic E-state index is 0.728. The summed E-state index contributed by atoms with van der Waals surface area (Å²) >= 11 is 0. The molecule has 0 atom stereocenters. The third kappa shape index (κ3) is 3.05. The van der Waals surface area contributed by atoms with E-state index < -0.39 is 7.29 Å². The van der Waals surface area contributed by atoms with Crippen LogP contribution in [0.3, 0.4) is 0 Å². The Balaban J connectivity index is 2.09. The fourth-order valence-electron chi connectivity index (χ4n) is 2.14. The Kier molecular flexibility index (Phi) is 4.27. The van der Waals surface area contributed by atoms with Crippen molar-refractivity contribution < 1.29 is 4.57 Å². The zero-order chi connectivity index (χ0) is 15.3. The van der Waals surface area contributed by atoms with Crippen LogP contribution in [0.25, 0.3) is 0 Å². The van der Waals surface area contributed by atoms with E-state index in [1.54, 1.807) is 18.6 Å². The van der Waals surface area contributed by atoms with Crippen molar-refractivity contribution in [2.24, 2.45) is 4.76 Å². The lowest BCUT2D eigenvalue weighted by atomic mass is 10.3. The Labute approximate surface area is 129 Å². The molecular weight excluding hydrogens is 291 g/mol. The minimum Gasteiger partial charge on any atom is -0.288 e. The van der Waals surface area contributed by atoms with Crippen LogP contribution in [-0.2, 0) is 4.57 Å². The van der Waals surface area contributed by atoms with Gasteiger partial charge in [0.25, 0.3) is 0 Å². The lowest BCUT2D eigenvalue weighted by Crippen LogP contribution is -2.14. The van der Waals surface area contributed by atoms with Gasteiger partial charge in [0, 0.05) is 29.2 Å². The SMILES string of the molecule is O=P(/N=C/c1ccncc1)(c1ccccc1)c1ccccc1. The topological polar surface area (TPSA) is 42.3 Å². The van der Waals surface area contributed by atoms with E-state index >= 15 is 0 Å². The lowest BCUT2D eigenvalue weighted by molar-refractivity contribution is 0.588. The summed E-state index contributed by atoms with van der Waals surface area (Å²) in [4.78, 5) is 3.98. The Morgan fingerprint density at radius 2 is 1.27 bits per heavy atom. The van der Waals surface area contributed by atoms with Gasteiger partial charge in [0.05, 0.1) is 0 Å². The van der Waals surface area contributed by atoms with Crippen LogP contribution in [0.1, 0.15) is 5.56 Å². The minimum atomic E-state index is -3.04. The normalized spacial score (nSPS) is 11.6. The molecule has 0 unspecified atom stereocenters. The maximum absolute atomic E-state index is 13.6. The van der Waals surface area contributed by atoms with Gasteiger partial charge >= 0.3 is 0 Å². The number of nitrogens with zero attached hydrogens (tertiary/aromatic N) is 2. The molecule has 3 nitrogen and oxygen atoms in total. The average molecular weight is 306 g/mol. The molecule has 22 heavy (non-hydrogen) atoms. The van der Waals surface area contributed by atoms with Gasteiger partial charge in [-0.1, -0.05) is 36.4 Å². The summed E-state index contributed by atoms with van der Waals surface area (Å²) in [5, 5.41) is 1.46. The van der Waals surface area contributed by atoms with Crippen molar-refractivity contribution in [3.05, 3.63) is 90.8 Å². The molecule has 0 aliphatic heterocycles. The van der Waals surface area contributed by atoms with Gasteiger partial charge in [0.15, 0.2) is 0 Å². The Morgan fingerprint density at radius 3 is 1.77 bits per heavy atom. The van der Waals surface area contributed by atoms with Gasteiger partial charge in [0.1, 0.15) is 0 Å². The Bertz CT molecular complexity index is 759. The monoisotopic (exact) mass is 306 g/mol. The fourth-order valence-corrected chi connectivity index (χ4v) is 4.15. The maximum Gasteiger partial charge on any atom is 0.247 e. The molecule has 1 aromatic heterocycles. The number of pyridine rings is 1. The summed E-state index contributed by atoms with van der Waals surface area (Å²) in [7, 11) is -3.04. The molecule has 0 N–H and O–H groups in total. The summed E-state index contributed by atoms with van der Waals surface area (Å²) in [6.07, 6.45) is 5.04. The average Bonchev–Trinajstić information content (AvgIpc) is 2.62. The predicted molar refractivity (Wildman–Crippen MR) is 91.6 cm³/mol. The second kappa shape index (κ2) is 6.50. The van der Waals surface area contributed by atoms with Gasteiger partial charge in [0.2, 0.25) is 7.29 Å². The molecule has 0 bridgehead atoms. The molecule has 0 fully saturated rings. The molecule has 1 heterocycles. The van der Waals surface area contributed by atoms with E-state index in [4.69, 9.17) is 0 Å². The van der Waals surface area contributed by atoms with Crippen LogP contribution in [0.2, 0.25) is 0 Å². The Morgan fingerprint density at radius 1 is 0.773 bits per heavy atom. The molecule has 3 rings (SSSR count). The number of hydrogen-bond donors (Lipinski definition) is 0. The van der Waals surface area contributed by atoms with Gasteiger partial charge in [-0.2, -0.15) is 0 Å². The van der Waals surface area contributed by atoms with E-state index in [1.165, 1.54) is 0 Å². The van der Waals surface area contributed by atoms with Crippen LogP contribution in [0, 0.1) is 0 Å². The molecule has 0 aliphatic carbocycles. The summed E-state index contributed by atoms with van der Waals surface area (Å²) in [6, 6.07) is 22.5. The third-order valence-corrected chi connectivity index (χ3v) is 5.72. The van der Waals surface area contributed by atoms with Crippen molar-refractivity contribution in [2.75, 3.05) is 0 Å². The molecule has 108 valence electrons. The van der Waals surface area contributed by atoms with Crippen molar-refractivity contribution in [1.82, 2.24) is 4.98 Å². The van der Waals surface area contributed by atoms with Gasteiger partial charge in [-0.05, 0) is 42.0 Å². The molecule has 0 saturated carbocycles. The first kappa shape index (κ1) is 14.4. The van der Waals surface area contributed by atoms with Crippen molar-refractivity contribution in [1.29, 1.82) is 0 Å². The molecule has 3 aromatic rings. The van der Waals surface area contributed by atoms with E-state index in [9.17, 15) is 4.57 Å². The predicted octanol–water partition coefficient (Wildman–Crippen LogP) is 3.43. The van der Waals surface area contributed by atoms with Gasteiger partial charge < -0.3 is 0 Å². The summed E-state index contributed by atoms with van der Waals surface area (Å²) in [5.74, 6) is 0. The largest absolute Gasteiger partial charge is 0.288 e. The molecule has 0 amide bonds. The fraction of sp³-hybridized carbons (Fsp3) is 0. The molecule has 4 heteroatoms. The number of aromatic nitrogens is 1. The second-order valence-corrected chi connectivity index (χ2v) is 7.19. The van der Waals surface area contributed by atoms with Crippen LogP contribution < -0.4 is 10.6 Å². The van der Waals surface area contributed by atoms with Gasteiger partial charge in [-0.15, -0.1) is 0 Å². The highest BCUT2D eigenvalue weighted by Gasteiger charge is 2.25. The van der Waals surface area contributed by atoms with Crippen LogP contribution in [0.15, 0.2) is 90.0 Å². The van der Waals surface area contributed by atoms with Crippen molar-refractivity contribution in [3.63, 3.8) is 0 Å². The standard InChI is InChI=1S/C18H15N2OP/c21-22(17-7-3-1-4-8-17,18-9-5-2-6-10-18)20-15-16-11-13-19-14-12-16/h1-15H/b20-15+. The van der Waals surface area contributed by atoms with Crippen molar-refractivity contribution in [3.8, 4) is 0 Å². The molecular formula is C18H15N2OP. The van der Waals surface area contributed by atoms with Crippen LogP contribution >= 0.6 is 7.29 Å². The van der Waals surface area contributed by atoms with Crippen molar-refractivity contribution >= 4 is 24.1 Å². The van der Waals surface area contributed by atoms with Crippen LogP contribution in [0.4, 0.5) is 0 Å². The van der Waals surface area contributed by atoms with Gasteiger partial charge in [-0.25, -0.2) is 4.76 Å². The van der Waals surface area contributed by atoms with E-state index in [2.05, 4.69) is 9.75 Å². The summed E-state index contributed by atoms with van der Waals surface area (Å²) in [5.41, 5.74) is 0.877. The first-order valence-electron chi connectivity index (χ1n) is 6.96. The second-order valence-electron chi connectivity index (χ2n) is 4.77. The van der Waals surface area contributed by atoms with Crippen molar-refractivity contribution in [2.45, 2.75) is 0 Å². The maximum atomic E-state index is 13.6. The highest BCUT2D eigenvalue weighted by molar-refractivity contribution is 7.77. The molecule has 0 spiro atoms. The zero-order valence-corrected chi connectivity index (χ0v) is 12.8. The first-order chi connectivity index (χ1) is 10.8. The molecule has 2 aromatic carbocycles. The highest BCUT2D eigenvalue weighted by Crippen LogP contribution is 2.44. The zero-order valence-electron chi connectivity index (χ0n) is 11.9. The highest BCUT2D eigenvalue weighted by atomic mass is 31.2. The lowest BCUT2D eigenvalue weighted by Gasteiger charge is -2.14. The Hall–Kier alpha value is -2.51. The number of rotatable bonds is 4. The number of hydrogen-bond acceptors (Lipinski definition) is 2. The van der Waals surface area contributed by atoms with E-state index in [-0.39, 0.29) is 0 Å². The molecule has 0 radical (unpaired) electrons. The summed E-state index contributed by atoms with van der Waals surface area (Å²) < 4.78 is 18.0. The quantitative estimate of drug-likeness (QED) is 0.547. The van der Waals surface area contributed by atoms with E-state index in [0.717, 1.165) is 16.2 Å². The van der Waals surface area contributed by atoms with E-state index in [0.29, 0.717) is 0 Å². The van der Waals surface area contributed by atoms with E-state index in [1.807, 2.05) is 72.8 Å². The number of benzene rings is 2. The third-order valence-electron chi connectivity index (χ3n) is 3.29. The molecule has 0 aliphatic rings. The molecule has 0 saturated heterocycles. The van der Waals surface area contributed by atoms with Crippen LogP contribution in [-0.4, -0.2) is 11.2 Å².